The van der Waals surface area contributed by atoms with Crippen molar-refractivity contribution in [1.82, 2.24) is 4.90 Å². The molecule has 0 fully saturated rings. The minimum atomic E-state index is -1.15. The van der Waals surface area contributed by atoms with Gasteiger partial charge in [0, 0.05) is 17.8 Å². The Bertz CT molecular complexity index is 1070. The van der Waals surface area contributed by atoms with Crippen LogP contribution in [-0.4, -0.2) is 55.9 Å². The third kappa shape index (κ3) is 3.96. The summed E-state index contributed by atoms with van der Waals surface area (Å²) in [5.74, 6) is -2.06. The zero-order chi connectivity index (χ0) is 23.4. The average Bonchev–Trinajstić information content (AvgIpc) is 2.79. The van der Waals surface area contributed by atoms with Crippen LogP contribution in [0.3, 0.4) is 0 Å². The van der Waals surface area contributed by atoms with E-state index in [-0.39, 0.29) is 12.1 Å². The number of hydrogen-bond donors (Lipinski definition) is 2. The van der Waals surface area contributed by atoms with Crippen molar-refractivity contribution in [1.29, 1.82) is 0 Å². The molecule has 32 heavy (non-hydrogen) atoms. The molecule has 2 atom stereocenters. The lowest BCUT2D eigenvalue weighted by Gasteiger charge is -2.41. The molecule has 0 radical (unpaired) electrons. The molecule has 1 aliphatic rings. The molecule has 0 aromatic heterocycles. The average molecular weight is 440 g/mol. The molecule has 0 saturated carbocycles. The van der Waals surface area contributed by atoms with Crippen LogP contribution >= 0.6 is 0 Å². The van der Waals surface area contributed by atoms with Gasteiger partial charge in [-0.05, 0) is 29.3 Å². The number of benzene rings is 2. The maximum Gasteiger partial charge on any atom is 0.411 e. The summed E-state index contributed by atoms with van der Waals surface area (Å²) in [6.07, 6.45) is 0.805. The fourth-order valence-corrected chi connectivity index (χ4v) is 3.95. The monoisotopic (exact) mass is 440 g/mol. The van der Waals surface area contributed by atoms with E-state index in [1.807, 2.05) is 0 Å². The van der Waals surface area contributed by atoms with Crippen molar-refractivity contribution in [3.63, 3.8) is 0 Å². The van der Waals surface area contributed by atoms with E-state index in [2.05, 4.69) is 16.6 Å². The molecule has 1 heterocycles. The van der Waals surface area contributed by atoms with Crippen molar-refractivity contribution in [2.24, 2.45) is 0 Å². The second-order valence-corrected chi connectivity index (χ2v) is 7.01. The summed E-state index contributed by atoms with van der Waals surface area (Å²) in [5, 5.41) is 12.8. The number of amides is 2. The smallest absolute Gasteiger partial charge is 0.411 e. The molecule has 0 saturated heterocycles. The number of para-hydroxylation sites is 1. The molecule has 0 spiro atoms. The van der Waals surface area contributed by atoms with Crippen LogP contribution in [0.15, 0.2) is 49.1 Å². The summed E-state index contributed by atoms with van der Waals surface area (Å²) in [6.45, 7) is 3.80. The van der Waals surface area contributed by atoms with Gasteiger partial charge >= 0.3 is 12.1 Å². The lowest BCUT2D eigenvalue weighted by Crippen LogP contribution is -2.45. The number of fused-ring (bicyclic) bond motifs is 1. The van der Waals surface area contributed by atoms with Gasteiger partial charge in [0.05, 0.1) is 27.4 Å². The van der Waals surface area contributed by atoms with Gasteiger partial charge in [-0.15, -0.1) is 6.58 Å². The number of hydrogen-bond acceptors (Lipinski definition) is 6. The Hall–Kier alpha value is -4.01. The van der Waals surface area contributed by atoms with Crippen LogP contribution in [0.25, 0.3) is 0 Å². The molecule has 168 valence electrons. The zero-order valence-electron chi connectivity index (χ0n) is 18.0. The van der Waals surface area contributed by atoms with E-state index in [0.29, 0.717) is 28.3 Å². The van der Waals surface area contributed by atoms with Crippen LogP contribution in [0.4, 0.5) is 10.5 Å². The number of carbonyl (C=O) groups excluding carboxylic acids is 2. The van der Waals surface area contributed by atoms with Crippen molar-refractivity contribution >= 4 is 23.7 Å². The molecule has 0 aliphatic carbocycles. The van der Waals surface area contributed by atoms with E-state index in [4.69, 9.17) is 9.47 Å². The predicted octanol–water partition coefficient (Wildman–Crippen LogP) is 3.43. The summed E-state index contributed by atoms with van der Waals surface area (Å²) in [4.78, 5) is 39.3. The highest BCUT2D eigenvalue weighted by Crippen LogP contribution is 2.47. The van der Waals surface area contributed by atoms with Gasteiger partial charge in [0.25, 0.3) is 5.91 Å². The van der Waals surface area contributed by atoms with E-state index in [0.717, 1.165) is 0 Å². The van der Waals surface area contributed by atoms with Crippen molar-refractivity contribution in [2.75, 3.05) is 33.2 Å². The minimum Gasteiger partial charge on any atom is -0.493 e. The summed E-state index contributed by atoms with van der Waals surface area (Å²) in [7, 11) is 4.09. The number of anilines is 1. The van der Waals surface area contributed by atoms with Crippen LogP contribution in [-0.2, 0) is 9.53 Å². The number of ether oxygens (including phenoxy) is 3. The van der Waals surface area contributed by atoms with Crippen molar-refractivity contribution in [2.45, 2.75) is 12.0 Å². The highest BCUT2D eigenvalue weighted by Gasteiger charge is 2.45. The predicted molar refractivity (Wildman–Crippen MR) is 116 cm³/mol. The minimum absolute atomic E-state index is 0.0909. The number of methoxy groups -OCH3 is 3. The van der Waals surface area contributed by atoms with Crippen molar-refractivity contribution < 1.29 is 33.7 Å². The fraction of sp³-hybridized carbons (Fsp3) is 0.261. The van der Waals surface area contributed by atoms with Gasteiger partial charge in [0.15, 0.2) is 11.5 Å². The summed E-state index contributed by atoms with van der Waals surface area (Å²) in [6, 6.07) is 8.74. The number of rotatable bonds is 7. The molecule has 2 N–H and O–H groups in total. The molecule has 2 aromatic carbocycles. The van der Waals surface area contributed by atoms with Crippen molar-refractivity contribution in [3.8, 4) is 11.5 Å². The van der Waals surface area contributed by atoms with E-state index in [1.54, 1.807) is 24.3 Å². The first-order valence-corrected chi connectivity index (χ1v) is 9.72. The van der Waals surface area contributed by atoms with Crippen LogP contribution in [0, 0.1) is 0 Å². The topological polar surface area (TPSA) is 114 Å². The van der Waals surface area contributed by atoms with Gasteiger partial charge in [-0.3, -0.25) is 14.9 Å². The number of carboxylic acid groups (broad SMARTS) is 1. The Morgan fingerprint density at radius 2 is 1.78 bits per heavy atom. The maximum absolute atomic E-state index is 13.5. The van der Waals surface area contributed by atoms with E-state index in [1.165, 1.54) is 44.4 Å². The van der Waals surface area contributed by atoms with Crippen molar-refractivity contribution in [3.05, 3.63) is 65.7 Å². The first-order valence-electron chi connectivity index (χ1n) is 9.72. The molecular weight excluding hydrogens is 416 g/mol. The van der Waals surface area contributed by atoms with Crippen LogP contribution in [0.2, 0.25) is 0 Å². The Morgan fingerprint density at radius 3 is 2.38 bits per heavy atom. The Kier molecular flexibility index (Phi) is 6.67. The Morgan fingerprint density at radius 1 is 1.12 bits per heavy atom. The van der Waals surface area contributed by atoms with Crippen LogP contribution in [0.5, 0.6) is 11.5 Å². The molecule has 2 aromatic rings. The van der Waals surface area contributed by atoms with E-state index < -0.39 is 29.9 Å². The molecule has 9 nitrogen and oxygen atoms in total. The molecule has 0 unspecified atom stereocenters. The Balaban J connectivity index is 2.28. The lowest BCUT2D eigenvalue weighted by molar-refractivity contribution is -0.140. The summed E-state index contributed by atoms with van der Waals surface area (Å²) >= 11 is 0. The number of carbonyl (C=O) groups is 3. The molecule has 0 bridgehead atoms. The number of nitrogens with zero attached hydrogens (tertiary/aromatic N) is 1. The lowest BCUT2D eigenvalue weighted by atomic mass is 9.79. The summed E-state index contributed by atoms with van der Waals surface area (Å²) < 4.78 is 15.3. The fourth-order valence-electron chi connectivity index (χ4n) is 3.95. The first-order chi connectivity index (χ1) is 15.4. The highest BCUT2D eigenvalue weighted by atomic mass is 16.5. The number of carboxylic acids is 1. The van der Waals surface area contributed by atoms with Gasteiger partial charge < -0.3 is 24.2 Å². The normalized spacial score (nSPS) is 17.2. The molecule has 1 aliphatic heterocycles. The summed E-state index contributed by atoms with van der Waals surface area (Å²) in [5.41, 5.74) is 1.27. The third-order valence-corrected chi connectivity index (χ3v) is 5.33. The van der Waals surface area contributed by atoms with Gasteiger partial charge in [0.1, 0.15) is 5.92 Å². The molecule has 2 amide bonds. The maximum atomic E-state index is 13.5. The number of aliphatic carboxylic acids is 1. The van der Waals surface area contributed by atoms with E-state index >= 15 is 0 Å². The Labute approximate surface area is 185 Å². The first kappa shape index (κ1) is 22.7. The second kappa shape index (κ2) is 9.42. The SMILES string of the molecule is C=CCN1C(=O)c2cc(OC)c(OC)cc2[C@H](C(=O)O)[C@@H]1c1ccccc1NC(=O)OC. The third-order valence-electron chi connectivity index (χ3n) is 5.33. The van der Waals surface area contributed by atoms with Gasteiger partial charge in [-0.1, -0.05) is 24.3 Å². The van der Waals surface area contributed by atoms with Crippen LogP contribution < -0.4 is 14.8 Å². The zero-order valence-corrected chi connectivity index (χ0v) is 18.0. The van der Waals surface area contributed by atoms with Crippen LogP contribution in [0.1, 0.15) is 33.4 Å². The molecule has 9 heteroatoms. The molecular formula is C23H24N2O7. The number of nitrogens with one attached hydrogen (secondary N) is 1. The largest absolute Gasteiger partial charge is 0.493 e. The highest BCUT2D eigenvalue weighted by molar-refractivity contribution is 6.01. The molecule has 3 rings (SSSR count). The van der Waals surface area contributed by atoms with Gasteiger partial charge in [-0.2, -0.15) is 0 Å². The second-order valence-electron chi connectivity index (χ2n) is 7.01. The van der Waals surface area contributed by atoms with Gasteiger partial charge in [-0.25, -0.2) is 4.79 Å². The standard InChI is InChI=1S/C23H24N2O7/c1-5-10-25-20(13-8-6-7-9-16(13)24-23(29)32-4)19(22(27)28)14-11-17(30-2)18(31-3)12-15(14)21(25)26/h5-9,11-12,19-20H,1,10H2,2-4H3,(H,24,29)(H,27,28)/t19-,20-/m0/s1. The quantitative estimate of drug-likeness (QED) is 0.634. The van der Waals surface area contributed by atoms with E-state index in [9.17, 15) is 19.5 Å². The van der Waals surface area contributed by atoms with Gasteiger partial charge in [0.2, 0.25) is 0 Å².